The molecule has 1 unspecified atom stereocenters. The third kappa shape index (κ3) is 4.54. The van der Waals surface area contributed by atoms with Crippen LogP contribution in [0.25, 0.3) is 0 Å². The Labute approximate surface area is 98.8 Å². The van der Waals surface area contributed by atoms with Crippen molar-refractivity contribution in [3.8, 4) is 0 Å². The molecule has 1 atom stereocenters. The molecule has 0 saturated carbocycles. The smallest absolute Gasteiger partial charge is 0.320 e. The average Bonchev–Trinajstić information content (AvgIpc) is 2.63. The van der Waals surface area contributed by atoms with Gasteiger partial charge in [-0.05, 0) is 6.42 Å². The number of rotatable bonds is 5. The summed E-state index contributed by atoms with van der Waals surface area (Å²) in [6.07, 6.45) is 2.10. The molecule has 7 heteroatoms. The Hall–Kier alpha value is -2.05. The van der Waals surface area contributed by atoms with Crippen LogP contribution in [0.3, 0.4) is 0 Å². The molecule has 17 heavy (non-hydrogen) atoms. The Balaban J connectivity index is 2.24. The number of hydrogen-bond acceptors (Lipinski definition) is 3. The van der Waals surface area contributed by atoms with Gasteiger partial charge in [-0.15, -0.1) is 0 Å². The van der Waals surface area contributed by atoms with Gasteiger partial charge in [-0.2, -0.15) is 5.10 Å². The van der Waals surface area contributed by atoms with Crippen LogP contribution in [-0.2, 0) is 11.8 Å². The zero-order valence-corrected chi connectivity index (χ0v) is 9.80. The molecule has 3 N–H and O–H groups in total. The first-order chi connectivity index (χ1) is 7.99. The van der Waals surface area contributed by atoms with E-state index in [1.165, 1.54) is 0 Å². The number of nitrogens with one attached hydrogen (secondary N) is 2. The second-order valence-corrected chi connectivity index (χ2v) is 3.78. The van der Waals surface area contributed by atoms with E-state index >= 15 is 0 Å². The number of aromatic nitrogens is 2. The topological polar surface area (TPSA) is 96.3 Å². The molecule has 0 aliphatic rings. The summed E-state index contributed by atoms with van der Waals surface area (Å²) in [5.41, 5.74) is 0. The Morgan fingerprint density at radius 2 is 2.29 bits per heavy atom. The first-order valence-electron chi connectivity index (χ1n) is 5.26. The molecular formula is C10H16N4O3. The zero-order chi connectivity index (χ0) is 12.8. The SMILES string of the molecule is CC(CCNC(=O)Nc1ccn(C)n1)C(=O)O. The largest absolute Gasteiger partial charge is 0.481 e. The van der Waals surface area contributed by atoms with E-state index in [4.69, 9.17) is 5.11 Å². The third-order valence-corrected chi connectivity index (χ3v) is 2.24. The highest BCUT2D eigenvalue weighted by Gasteiger charge is 2.11. The van der Waals surface area contributed by atoms with Crippen LogP contribution in [-0.4, -0.2) is 33.4 Å². The van der Waals surface area contributed by atoms with Crippen LogP contribution in [0.15, 0.2) is 12.3 Å². The van der Waals surface area contributed by atoms with Gasteiger partial charge in [-0.25, -0.2) is 4.79 Å². The predicted molar refractivity (Wildman–Crippen MR) is 61.6 cm³/mol. The van der Waals surface area contributed by atoms with Crippen LogP contribution in [0, 0.1) is 5.92 Å². The average molecular weight is 240 g/mol. The quantitative estimate of drug-likeness (QED) is 0.704. The van der Waals surface area contributed by atoms with Crippen LogP contribution in [0.2, 0.25) is 0 Å². The summed E-state index contributed by atoms with van der Waals surface area (Å²) in [5, 5.41) is 17.7. The summed E-state index contributed by atoms with van der Waals surface area (Å²) < 4.78 is 1.57. The minimum absolute atomic E-state index is 0.312. The molecule has 1 aromatic rings. The number of nitrogens with zero attached hydrogens (tertiary/aromatic N) is 2. The molecule has 1 heterocycles. The van der Waals surface area contributed by atoms with Crippen molar-refractivity contribution in [2.24, 2.45) is 13.0 Å². The summed E-state index contributed by atoms with van der Waals surface area (Å²) in [5.74, 6) is -0.877. The number of aliphatic carboxylic acids is 1. The second kappa shape index (κ2) is 5.88. The van der Waals surface area contributed by atoms with E-state index in [0.717, 1.165) is 0 Å². The van der Waals surface area contributed by atoms with Crippen molar-refractivity contribution < 1.29 is 14.7 Å². The molecule has 0 spiro atoms. The van der Waals surface area contributed by atoms with Crippen molar-refractivity contribution in [1.29, 1.82) is 0 Å². The Morgan fingerprint density at radius 1 is 1.59 bits per heavy atom. The molecule has 0 radical (unpaired) electrons. The third-order valence-electron chi connectivity index (χ3n) is 2.24. The minimum Gasteiger partial charge on any atom is -0.481 e. The molecule has 0 saturated heterocycles. The van der Waals surface area contributed by atoms with Crippen LogP contribution >= 0.6 is 0 Å². The number of aryl methyl sites for hydroxylation is 1. The first-order valence-corrected chi connectivity index (χ1v) is 5.26. The fraction of sp³-hybridized carbons (Fsp3) is 0.500. The van der Waals surface area contributed by atoms with E-state index < -0.39 is 11.9 Å². The number of carboxylic acids is 1. The van der Waals surface area contributed by atoms with Crippen LogP contribution in [0.1, 0.15) is 13.3 Å². The van der Waals surface area contributed by atoms with Gasteiger partial charge in [-0.1, -0.05) is 6.92 Å². The maximum absolute atomic E-state index is 11.4. The van der Waals surface area contributed by atoms with Crippen LogP contribution < -0.4 is 10.6 Å². The lowest BCUT2D eigenvalue weighted by Gasteiger charge is -2.07. The molecule has 7 nitrogen and oxygen atoms in total. The standard InChI is InChI=1S/C10H16N4O3/c1-7(9(15)16)3-5-11-10(17)12-8-4-6-14(2)13-8/h4,6-7H,3,5H2,1-2H3,(H,15,16)(H2,11,12,13,17). The van der Waals surface area contributed by atoms with Gasteiger partial charge in [0.15, 0.2) is 5.82 Å². The zero-order valence-electron chi connectivity index (χ0n) is 9.80. The monoisotopic (exact) mass is 240 g/mol. The first kappa shape index (κ1) is 13.0. The van der Waals surface area contributed by atoms with Crippen molar-refractivity contribution in [1.82, 2.24) is 15.1 Å². The van der Waals surface area contributed by atoms with Crippen molar-refractivity contribution in [2.75, 3.05) is 11.9 Å². The Morgan fingerprint density at radius 3 is 2.82 bits per heavy atom. The van der Waals surface area contributed by atoms with Gasteiger partial charge in [0.1, 0.15) is 0 Å². The fourth-order valence-corrected chi connectivity index (χ4v) is 1.17. The summed E-state index contributed by atoms with van der Waals surface area (Å²) in [4.78, 5) is 21.9. The lowest BCUT2D eigenvalue weighted by Crippen LogP contribution is -2.31. The van der Waals surface area contributed by atoms with Gasteiger partial charge in [0.2, 0.25) is 0 Å². The van der Waals surface area contributed by atoms with Crippen LogP contribution in [0.4, 0.5) is 10.6 Å². The number of hydrogen-bond donors (Lipinski definition) is 3. The number of anilines is 1. The van der Waals surface area contributed by atoms with Crippen molar-refractivity contribution in [2.45, 2.75) is 13.3 Å². The van der Waals surface area contributed by atoms with Gasteiger partial charge < -0.3 is 10.4 Å². The highest BCUT2D eigenvalue weighted by molar-refractivity contribution is 5.88. The lowest BCUT2D eigenvalue weighted by atomic mass is 10.1. The second-order valence-electron chi connectivity index (χ2n) is 3.78. The lowest BCUT2D eigenvalue weighted by molar-refractivity contribution is -0.141. The van der Waals surface area contributed by atoms with Gasteiger partial charge in [0, 0.05) is 25.9 Å². The van der Waals surface area contributed by atoms with Crippen molar-refractivity contribution >= 4 is 17.8 Å². The number of carboxylic acid groups (broad SMARTS) is 1. The van der Waals surface area contributed by atoms with E-state index in [9.17, 15) is 9.59 Å². The molecular weight excluding hydrogens is 224 g/mol. The van der Waals surface area contributed by atoms with E-state index in [1.54, 1.807) is 30.9 Å². The Bertz CT molecular complexity index is 402. The normalized spacial score (nSPS) is 11.9. The Kier molecular flexibility index (Phi) is 4.50. The van der Waals surface area contributed by atoms with Gasteiger partial charge >= 0.3 is 12.0 Å². The minimum atomic E-state index is -0.864. The van der Waals surface area contributed by atoms with E-state index in [1.807, 2.05) is 0 Å². The van der Waals surface area contributed by atoms with Crippen molar-refractivity contribution in [3.05, 3.63) is 12.3 Å². The molecule has 0 aliphatic carbocycles. The van der Waals surface area contributed by atoms with Gasteiger partial charge in [-0.3, -0.25) is 14.8 Å². The molecule has 2 amide bonds. The van der Waals surface area contributed by atoms with Gasteiger partial charge in [0.25, 0.3) is 0 Å². The number of carbonyl (C=O) groups excluding carboxylic acids is 1. The molecule has 1 aromatic heterocycles. The molecule has 1 rings (SSSR count). The van der Waals surface area contributed by atoms with Gasteiger partial charge in [0.05, 0.1) is 5.92 Å². The molecule has 0 bridgehead atoms. The van der Waals surface area contributed by atoms with Crippen LogP contribution in [0.5, 0.6) is 0 Å². The maximum atomic E-state index is 11.4. The van der Waals surface area contributed by atoms with Crippen molar-refractivity contribution in [3.63, 3.8) is 0 Å². The highest BCUT2D eigenvalue weighted by Crippen LogP contribution is 2.01. The highest BCUT2D eigenvalue weighted by atomic mass is 16.4. The number of urea groups is 1. The summed E-state index contributed by atoms with van der Waals surface area (Å²) in [6, 6.07) is 1.28. The summed E-state index contributed by atoms with van der Waals surface area (Å²) in [7, 11) is 1.75. The summed E-state index contributed by atoms with van der Waals surface area (Å²) in [6.45, 7) is 1.91. The fourth-order valence-electron chi connectivity index (χ4n) is 1.17. The molecule has 0 aliphatic heterocycles. The molecule has 94 valence electrons. The maximum Gasteiger partial charge on any atom is 0.320 e. The number of amides is 2. The predicted octanol–water partition coefficient (Wildman–Crippen LogP) is 0.652. The number of carbonyl (C=O) groups is 2. The molecule has 0 fully saturated rings. The van der Waals surface area contributed by atoms with E-state index in [-0.39, 0.29) is 6.03 Å². The van der Waals surface area contributed by atoms with E-state index in [2.05, 4.69) is 15.7 Å². The molecule has 0 aromatic carbocycles. The summed E-state index contributed by atoms with van der Waals surface area (Å²) >= 11 is 0. The van der Waals surface area contributed by atoms with E-state index in [0.29, 0.717) is 18.8 Å².